The maximum atomic E-state index is 5.86. The van der Waals surface area contributed by atoms with E-state index in [1.807, 2.05) is 36.4 Å². The van der Waals surface area contributed by atoms with E-state index in [1.165, 1.54) is 16.7 Å². The zero-order valence-electron chi connectivity index (χ0n) is 15.2. The van der Waals surface area contributed by atoms with Crippen LogP contribution in [0.2, 0.25) is 0 Å². The first-order valence-electron chi connectivity index (χ1n) is 9.12. The average molecular weight is 356 g/mol. The van der Waals surface area contributed by atoms with Crippen molar-refractivity contribution < 1.29 is 9.73 Å². The summed E-state index contributed by atoms with van der Waals surface area (Å²) < 4.78 is 5.86. The van der Waals surface area contributed by atoms with Crippen LogP contribution in [0.15, 0.2) is 89.3 Å². The minimum atomic E-state index is 0.180. The van der Waals surface area contributed by atoms with Crippen molar-refractivity contribution in [3.8, 4) is 11.5 Å². The average Bonchev–Trinajstić information content (AvgIpc) is 3.20. The smallest absolute Gasteiger partial charge is 0.271 e. The maximum absolute atomic E-state index is 5.86. The number of hydrogen-bond acceptors (Lipinski definition) is 3. The topological polar surface area (TPSA) is 55.5 Å². The number of aromatic nitrogens is 2. The number of rotatable bonds is 6. The Labute approximate surface area is 158 Å². The van der Waals surface area contributed by atoms with Crippen LogP contribution >= 0.6 is 0 Å². The summed E-state index contributed by atoms with van der Waals surface area (Å²) in [6.45, 7) is 2.72. The van der Waals surface area contributed by atoms with E-state index in [9.17, 15) is 0 Å². The lowest BCUT2D eigenvalue weighted by Gasteiger charge is -2.16. The van der Waals surface area contributed by atoms with Gasteiger partial charge in [-0.15, -0.1) is 10.2 Å². The van der Waals surface area contributed by atoms with Gasteiger partial charge in [-0.3, -0.25) is 0 Å². The fourth-order valence-corrected chi connectivity index (χ4v) is 3.15. The maximum Gasteiger partial charge on any atom is 0.271 e. The molecule has 3 aromatic carbocycles. The summed E-state index contributed by atoms with van der Waals surface area (Å²) in [5.41, 5.74) is 4.71. The van der Waals surface area contributed by atoms with E-state index in [4.69, 9.17) is 4.42 Å². The van der Waals surface area contributed by atoms with Crippen molar-refractivity contribution in [1.29, 1.82) is 0 Å². The van der Waals surface area contributed by atoms with E-state index in [0.717, 1.165) is 5.56 Å². The molecule has 27 heavy (non-hydrogen) atoms. The van der Waals surface area contributed by atoms with Crippen LogP contribution in [0.1, 0.15) is 28.6 Å². The third-order valence-corrected chi connectivity index (χ3v) is 4.61. The number of nitrogens with zero attached hydrogens (tertiary/aromatic N) is 2. The minimum Gasteiger partial charge on any atom is -0.415 e. The van der Waals surface area contributed by atoms with E-state index < -0.39 is 0 Å². The molecule has 0 aliphatic heterocycles. The van der Waals surface area contributed by atoms with Crippen molar-refractivity contribution in [2.24, 2.45) is 0 Å². The number of quaternary nitrogens is 1. The van der Waals surface area contributed by atoms with Crippen molar-refractivity contribution in [3.05, 3.63) is 108 Å². The first kappa shape index (κ1) is 17.2. The van der Waals surface area contributed by atoms with Gasteiger partial charge in [-0.2, -0.15) is 0 Å². The molecule has 0 aliphatic rings. The van der Waals surface area contributed by atoms with E-state index in [2.05, 4.69) is 71.0 Å². The Bertz CT molecular complexity index is 979. The minimum absolute atomic E-state index is 0.180. The lowest BCUT2D eigenvalue weighted by Crippen LogP contribution is -2.84. The van der Waals surface area contributed by atoms with Crippen LogP contribution in [0.5, 0.6) is 0 Å². The molecule has 2 N–H and O–H groups in total. The number of aryl methyl sites for hydroxylation is 1. The third-order valence-electron chi connectivity index (χ3n) is 4.61. The van der Waals surface area contributed by atoms with Gasteiger partial charge in [0.15, 0.2) is 6.54 Å². The molecular formula is C23H22N3O+. The van der Waals surface area contributed by atoms with Crippen LogP contribution in [0.3, 0.4) is 0 Å². The molecule has 0 aliphatic carbocycles. The Morgan fingerprint density at radius 3 is 2.11 bits per heavy atom. The molecule has 0 saturated carbocycles. The van der Waals surface area contributed by atoms with Gasteiger partial charge >= 0.3 is 0 Å². The van der Waals surface area contributed by atoms with Gasteiger partial charge < -0.3 is 9.73 Å². The Hall–Kier alpha value is -3.24. The third kappa shape index (κ3) is 4.13. The molecule has 1 heterocycles. The molecule has 4 heteroatoms. The molecule has 4 rings (SSSR count). The van der Waals surface area contributed by atoms with E-state index in [0.29, 0.717) is 18.3 Å². The summed E-state index contributed by atoms with van der Waals surface area (Å²) in [6, 6.07) is 29.2. The lowest BCUT2D eigenvalue weighted by atomic mass is 9.98. The molecule has 0 spiro atoms. The van der Waals surface area contributed by atoms with Gasteiger partial charge in [-0.05, 0) is 19.1 Å². The molecule has 0 unspecified atom stereocenters. The van der Waals surface area contributed by atoms with Crippen LogP contribution in [0.25, 0.3) is 11.5 Å². The number of benzene rings is 3. The fraction of sp³-hybridized carbons (Fsp3) is 0.130. The Morgan fingerprint density at radius 2 is 1.41 bits per heavy atom. The zero-order chi connectivity index (χ0) is 18.5. The molecular weight excluding hydrogens is 334 g/mol. The van der Waals surface area contributed by atoms with Gasteiger partial charge in [-0.25, -0.2) is 0 Å². The van der Waals surface area contributed by atoms with Crippen molar-refractivity contribution in [3.63, 3.8) is 0 Å². The van der Waals surface area contributed by atoms with E-state index in [-0.39, 0.29) is 6.04 Å². The summed E-state index contributed by atoms with van der Waals surface area (Å²) in [7, 11) is 0. The Morgan fingerprint density at radius 1 is 0.778 bits per heavy atom. The quantitative estimate of drug-likeness (QED) is 0.570. The largest absolute Gasteiger partial charge is 0.415 e. The molecule has 0 bridgehead atoms. The number of nitrogens with two attached hydrogens (primary N) is 1. The zero-order valence-corrected chi connectivity index (χ0v) is 15.2. The first-order chi connectivity index (χ1) is 13.3. The van der Waals surface area contributed by atoms with Gasteiger partial charge in [0.2, 0.25) is 5.89 Å². The van der Waals surface area contributed by atoms with Crippen molar-refractivity contribution in [2.75, 3.05) is 0 Å². The molecule has 0 saturated heterocycles. The fourth-order valence-electron chi connectivity index (χ4n) is 3.15. The van der Waals surface area contributed by atoms with Crippen molar-refractivity contribution in [1.82, 2.24) is 10.2 Å². The van der Waals surface area contributed by atoms with Gasteiger partial charge in [0.1, 0.15) is 6.04 Å². The van der Waals surface area contributed by atoms with Crippen LogP contribution in [-0.2, 0) is 6.54 Å². The van der Waals surface area contributed by atoms with E-state index >= 15 is 0 Å². The molecule has 0 fully saturated rings. The molecule has 1 atom stereocenters. The van der Waals surface area contributed by atoms with E-state index in [1.54, 1.807) is 0 Å². The second-order valence-electron chi connectivity index (χ2n) is 6.61. The second kappa shape index (κ2) is 7.98. The monoisotopic (exact) mass is 356 g/mol. The standard InChI is InChI=1S/C23H21N3O/c1-17-12-14-19(15-13-17)22(18-8-4-2-5-9-18)24-16-21-25-26-23(27-21)20-10-6-3-7-11-20/h2-15,22,24H,16H2,1H3/p+1/t22-/m0/s1. The van der Waals surface area contributed by atoms with Crippen molar-refractivity contribution in [2.45, 2.75) is 19.5 Å². The summed E-state index contributed by atoms with van der Waals surface area (Å²) in [4.78, 5) is 0. The van der Waals surface area contributed by atoms with Crippen LogP contribution in [0.4, 0.5) is 0 Å². The van der Waals surface area contributed by atoms with Crippen LogP contribution in [-0.4, -0.2) is 10.2 Å². The molecule has 0 radical (unpaired) electrons. The predicted octanol–water partition coefficient (Wildman–Crippen LogP) is 3.90. The number of hydrogen-bond donors (Lipinski definition) is 1. The summed E-state index contributed by atoms with van der Waals surface area (Å²) in [6.07, 6.45) is 0. The van der Waals surface area contributed by atoms with Gasteiger partial charge in [0.05, 0.1) is 0 Å². The second-order valence-corrected chi connectivity index (χ2v) is 6.61. The Kier molecular flexibility index (Phi) is 5.08. The highest BCUT2D eigenvalue weighted by atomic mass is 16.4. The summed E-state index contributed by atoms with van der Waals surface area (Å²) in [5.74, 6) is 1.19. The summed E-state index contributed by atoms with van der Waals surface area (Å²) in [5, 5.41) is 10.6. The first-order valence-corrected chi connectivity index (χ1v) is 9.12. The van der Waals surface area contributed by atoms with Crippen molar-refractivity contribution >= 4 is 0 Å². The highest BCUT2D eigenvalue weighted by Crippen LogP contribution is 2.20. The SMILES string of the molecule is Cc1ccc([C@@H]([NH2+]Cc2nnc(-c3ccccc3)o2)c2ccccc2)cc1. The van der Waals surface area contributed by atoms with Gasteiger partial charge in [0, 0.05) is 16.7 Å². The molecule has 1 aromatic heterocycles. The van der Waals surface area contributed by atoms with Crippen LogP contribution < -0.4 is 5.32 Å². The predicted molar refractivity (Wildman–Crippen MR) is 105 cm³/mol. The highest BCUT2D eigenvalue weighted by molar-refractivity contribution is 5.51. The summed E-state index contributed by atoms with van der Waals surface area (Å²) >= 11 is 0. The van der Waals surface area contributed by atoms with Gasteiger partial charge in [0.25, 0.3) is 5.89 Å². The molecule has 0 amide bonds. The molecule has 4 nitrogen and oxygen atoms in total. The molecule has 4 aromatic rings. The molecule has 134 valence electrons. The highest BCUT2D eigenvalue weighted by Gasteiger charge is 2.19. The Balaban J connectivity index is 1.54. The lowest BCUT2D eigenvalue weighted by molar-refractivity contribution is -0.704. The normalized spacial score (nSPS) is 12.0. The van der Waals surface area contributed by atoms with Crippen LogP contribution in [0, 0.1) is 6.92 Å². The van der Waals surface area contributed by atoms with Gasteiger partial charge in [-0.1, -0.05) is 78.4 Å².